The van der Waals surface area contributed by atoms with Crippen LogP contribution in [0.3, 0.4) is 0 Å². The number of benzene rings is 1. The maximum atomic E-state index is 11.1. The third kappa shape index (κ3) is 2.18. The third-order valence-electron chi connectivity index (χ3n) is 2.48. The third-order valence-corrected chi connectivity index (χ3v) is 2.48. The minimum absolute atomic E-state index is 0.0802. The van der Waals surface area contributed by atoms with Crippen molar-refractivity contribution in [3.8, 4) is 5.75 Å². The molecule has 0 bridgehead atoms. The van der Waals surface area contributed by atoms with E-state index in [-0.39, 0.29) is 11.9 Å². The number of aryl methyl sites for hydroxylation is 1. The summed E-state index contributed by atoms with van der Waals surface area (Å²) in [6.45, 7) is 4.83. The first kappa shape index (κ1) is 10.2. The molecule has 0 atom stereocenters. The maximum absolute atomic E-state index is 11.1. The van der Waals surface area contributed by atoms with Crippen LogP contribution in [0.1, 0.15) is 22.8 Å². The lowest BCUT2D eigenvalue weighted by Crippen LogP contribution is -2.38. The molecule has 1 aromatic carbocycles. The summed E-state index contributed by atoms with van der Waals surface area (Å²) in [5.74, 6) is 0.921. The first-order valence-electron chi connectivity index (χ1n) is 5.03. The van der Waals surface area contributed by atoms with Crippen molar-refractivity contribution in [1.82, 2.24) is 0 Å². The fraction of sp³-hybridized carbons (Fsp3) is 0.417. The van der Waals surface area contributed by atoms with E-state index in [0.29, 0.717) is 13.2 Å². The van der Waals surface area contributed by atoms with Crippen molar-refractivity contribution in [2.45, 2.75) is 20.0 Å². The van der Waals surface area contributed by atoms with Gasteiger partial charge in [-0.25, -0.2) is 0 Å². The predicted molar refractivity (Wildman–Crippen MR) is 56.4 cm³/mol. The molecule has 0 amide bonds. The van der Waals surface area contributed by atoms with Gasteiger partial charge in [-0.05, 0) is 37.6 Å². The SMILES string of the molecule is CC(=O)c1ccc(OC2COC2)c(C)c1. The molecule has 2 rings (SSSR count). The van der Waals surface area contributed by atoms with Crippen LogP contribution in [0.4, 0.5) is 0 Å². The highest BCUT2D eigenvalue weighted by molar-refractivity contribution is 5.94. The quantitative estimate of drug-likeness (QED) is 0.709. The molecule has 0 aliphatic carbocycles. The Bertz CT molecular complexity index is 380. The van der Waals surface area contributed by atoms with Crippen molar-refractivity contribution in [1.29, 1.82) is 0 Å². The molecule has 0 radical (unpaired) electrons. The second-order valence-electron chi connectivity index (χ2n) is 3.81. The summed E-state index contributed by atoms with van der Waals surface area (Å²) in [5, 5.41) is 0. The van der Waals surface area contributed by atoms with Crippen LogP contribution in [0, 0.1) is 6.92 Å². The van der Waals surface area contributed by atoms with Crippen LogP contribution in [0.15, 0.2) is 18.2 Å². The van der Waals surface area contributed by atoms with Crippen molar-refractivity contribution in [2.24, 2.45) is 0 Å². The zero-order valence-electron chi connectivity index (χ0n) is 8.95. The van der Waals surface area contributed by atoms with Gasteiger partial charge in [-0.3, -0.25) is 4.79 Å². The number of hydrogen-bond acceptors (Lipinski definition) is 3. The molecule has 80 valence electrons. The summed E-state index contributed by atoms with van der Waals surface area (Å²) >= 11 is 0. The van der Waals surface area contributed by atoms with Gasteiger partial charge < -0.3 is 9.47 Å². The van der Waals surface area contributed by atoms with Crippen LogP contribution < -0.4 is 4.74 Å². The van der Waals surface area contributed by atoms with Gasteiger partial charge in [-0.2, -0.15) is 0 Å². The number of ether oxygens (including phenoxy) is 2. The lowest BCUT2D eigenvalue weighted by Gasteiger charge is -2.27. The van der Waals surface area contributed by atoms with E-state index < -0.39 is 0 Å². The maximum Gasteiger partial charge on any atom is 0.159 e. The average molecular weight is 206 g/mol. The summed E-state index contributed by atoms with van der Waals surface area (Å²) in [5.41, 5.74) is 1.72. The molecule has 15 heavy (non-hydrogen) atoms. The fourth-order valence-electron chi connectivity index (χ4n) is 1.46. The molecule has 0 unspecified atom stereocenters. The van der Waals surface area contributed by atoms with E-state index in [1.165, 1.54) is 0 Å². The molecule has 1 fully saturated rings. The van der Waals surface area contributed by atoms with Crippen LogP contribution in [-0.4, -0.2) is 25.1 Å². The van der Waals surface area contributed by atoms with Crippen molar-refractivity contribution in [2.75, 3.05) is 13.2 Å². The molecule has 3 heteroatoms. The van der Waals surface area contributed by atoms with Crippen LogP contribution in [0.2, 0.25) is 0 Å². The Kier molecular flexibility index (Phi) is 2.73. The zero-order valence-corrected chi connectivity index (χ0v) is 8.95. The highest BCUT2D eigenvalue weighted by atomic mass is 16.6. The molecule has 1 aliphatic rings. The number of ketones is 1. The highest BCUT2D eigenvalue weighted by Gasteiger charge is 2.20. The topological polar surface area (TPSA) is 35.5 Å². The Morgan fingerprint density at radius 2 is 2.20 bits per heavy atom. The van der Waals surface area contributed by atoms with Crippen molar-refractivity contribution in [3.63, 3.8) is 0 Å². The monoisotopic (exact) mass is 206 g/mol. The smallest absolute Gasteiger partial charge is 0.159 e. The van der Waals surface area contributed by atoms with E-state index in [1.54, 1.807) is 13.0 Å². The number of hydrogen-bond donors (Lipinski definition) is 0. The molecular formula is C12H14O3. The number of carbonyl (C=O) groups excluding carboxylic acids is 1. The van der Waals surface area contributed by atoms with Gasteiger partial charge in [0, 0.05) is 5.56 Å². The predicted octanol–water partition coefficient (Wildman–Crippen LogP) is 1.98. The van der Waals surface area contributed by atoms with Gasteiger partial charge in [0.1, 0.15) is 11.9 Å². The summed E-state index contributed by atoms with van der Waals surface area (Å²) < 4.78 is 10.7. The van der Waals surface area contributed by atoms with Crippen LogP contribution in [0.5, 0.6) is 5.75 Å². The Hall–Kier alpha value is -1.35. The standard InChI is InChI=1S/C12H14O3/c1-8-5-10(9(2)13)3-4-12(8)15-11-6-14-7-11/h3-5,11H,6-7H2,1-2H3. The fourth-order valence-corrected chi connectivity index (χ4v) is 1.46. The Morgan fingerprint density at radius 3 is 2.67 bits per heavy atom. The number of rotatable bonds is 3. The van der Waals surface area contributed by atoms with Crippen molar-refractivity contribution < 1.29 is 14.3 Å². The largest absolute Gasteiger partial charge is 0.485 e. The van der Waals surface area contributed by atoms with E-state index in [0.717, 1.165) is 16.9 Å². The van der Waals surface area contributed by atoms with Gasteiger partial charge in [0.2, 0.25) is 0 Å². The van der Waals surface area contributed by atoms with E-state index in [9.17, 15) is 4.79 Å². The average Bonchev–Trinajstić information content (AvgIpc) is 2.12. The van der Waals surface area contributed by atoms with Gasteiger partial charge in [-0.1, -0.05) is 0 Å². The van der Waals surface area contributed by atoms with Gasteiger partial charge >= 0.3 is 0 Å². The molecule has 3 nitrogen and oxygen atoms in total. The van der Waals surface area contributed by atoms with E-state index in [2.05, 4.69) is 0 Å². The Balaban J connectivity index is 2.14. The molecule has 0 aromatic heterocycles. The molecular weight excluding hydrogens is 192 g/mol. The first-order valence-corrected chi connectivity index (χ1v) is 5.03. The van der Waals surface area contributed by atoms with E-state index in [4.69, 9.17) is 9.47 Å². The lowest BCUT2D eigenvalue weighted by atomic mass is 10.1. The van der Waals surface area contributed by atoms with Gasteiger partial charge in [0.25, 0.3) is 0 Å². The Morgan fingerprint density at radius 1 is 1.47 bits per heavy atom. The molecule has 0 spiro atoms. The minimum Gasteiger partial charge on any atom is -0.485 e. The molecule has 0 saturated carbocycles. The highest BCUT2D eigenvalue weighted by Crippen LogP contribution is 2.22. The van der Waals surface area contributed by atoms with Crippen LogP contribution >= 0.6 is 0 Å². The lowest BCUT2D eigenvalue weighted by molar-refractivity contribution is -0.0799. The second-order valence-corrected chi connectivity index (χ2v) is 3.81. The zero-order chi connectivity index (χ0) is 10.8. The normalized spacial score (nSPS) is 15.9. The molecule has 1 heterocycles. The van der Waals surface area contributed by atoms with Gasteiger partial charge in [0.15, 0.2) is 5.78 Å². The van der Waals surface area contributed by atoms with Gasteiger partial charge in [-0.15, -0.1) is 0 Å². The number of carbonyl (C=O) groups is 1. The van der Waals surface area contributed by atoms with Crippen LogP contribution in [-0.2, 0) is 4.74 Å². The summed E-state index contributed by atoms with van der Waals surface area (Å²) in [6, 6.07) is 5.51. The van der Waals surface area contributed by atoms with Crippen molar-refractivity contribution in [3.05, 3.63) is 29.3 Å². The summed E-state index contributed by atoms with van der Waals surface area (Å²) in [7, 11) is 0. The summed E-state index contributed by atoms with van der Waals surface area (Å²) in [4.78, 5) is 11.1. The number of Topliss-reactive ketones (excluding diaryl/α,β-unsaturated/α-hetero) is 1. The van der Waals surface area contributed by atoms with Crippen molar-refractivity contribution >= 4 is 5.78 Å². The first-order chi connectivity index (χ1) is 7.16. The molecule has 1 aliphatic heterocycles. The summed E-state index contributed by atoms with van der Waals surface area (Å²) in [6.07, 6.45) is 0.173. The van der Waals surface area contributed by atoms with Gasteiger partial charge in [0.05, 0.1) is 13.2 Å². The Labute approximate surface area is 89.0 Å². The van der Waals surface area contributed by atoms with E-state index in [1.807, 2.05) is 19.1 Å². The van der Waals surface area contributed by atoms with E-state index >= 15 is 0 Å². The minimum atomic E-state index is 0.0802. The molecule has 1 saturated heterocycles. The van der Waals surface area contributed by atoms with Crippen LogP contribution in [0.25, 0.3) is 0 Å². The second kappa shape index (κ2) is 4.03. The molecule has 0 N–H and O–H groups in total. The molecule has 1 aromatic rings.